The molecule has 0 saturated heterocycles. The molecular formula is C19H22N4OS. The molecule has 0 fully saturated rings. The van der Waals surface area contributed by atoms with Crippen LogP contribution in [0.15, 0.2) is 54.2 Å². The van der Waals surface area contributed by atoms with Gasteiger partial charge in [0.05, 0.1) is 24.6 Å². The highest BCUT2D eigenvalue weighted by Gasteiger charge is 2.22. The molecule has 0 radical (unpaired) electrons. The van der Waals surface area contributed by atoms with E-state index in [1.54, 1.807) is 0 Å². The van der Waals surface area contributed by atoms with Gasteiger partial charge in [-0.15, -0.1) is 11.3 Å². The van der Waals surface area contributed by atoms with E-state index >= 15 is 0 Å². The Morgan fingerprint density at radius 2 is 2.12 bits per heavy atom. The Kier molecular flexibility index (Phi) is 5.20. The van der Waals surface area contributed by atoms with E-state index in [2.05, 4.69) is 43.2 Å². The lowest BCUT2D eigenvalue weighted by atomic mass is 10.1. The first-order valence-corrected chi connectivity index (χ1v) is 9.48. The van der Waals surface area contributed by atoms with Gasteiger partial charge in [0, 0.05) is 49.4 Å². The van der Waals surface area contributed by atoms with Gasteiger partial charge < -0.3 is 4.74 Å². The van der Waals surface area contributed by atoms with Crippen molar-refractivity contribution in [2.24, 2.45) is 5.92 Å². The lowest BCUT2D eigenvalue weighted by Crippen LogP contribution is -2.29. The maximum Gasteiger partial charge on any atom is 0.0887 e. The number of hydrogen-bond donors (Lipinski definition) is 0. The van der Waals surface area contributed by atoms with Crippen LogP contribution in [0.25, 0.3) is 0 Å². The van der Waals surface area contributed by atoms with Crippen molar-refractivity contribution < 1.29 is 4.74 Å². The minimum atomic E-state index is 0.421. The zero-order valence-corrected chi connectivity index (χ0v) is 14.9. The summed E-state index contributed by atoms with van der Waals surface area (Å²) in [6.45, 7) is 5.13. The van der Waals surface area contributed by atoms with E-state index in [1.807, 2.05) is 41.9 Å². The molecule has 130 valence electrons. The minimum Gasteiger partial charge on any atom is -0.375 e. The molecule has 0 aromatic carbocycles. The fourth-order valence-corrected chi connectivity index (χ4v) is 4.03. The van der Waals surface area contributed by atoms with Crippen molar-refractivity contribution in [3.63, 3.8) is 0 Å². The molecule has 1 aliphatic rings. The van der Waals surface area contributed by atoms with Crippen LogP contribution < -0.4 is 0 Å². The topological polar surface area (TPSA) is 43.2 Å². The molecule has 3 aromatic heterocycles. The zero-order chi connectivity index (χ0) is 16.9. The van der Waals surface area contributed by atoms with Crippen LogP contribution in [0.2, 0.25) is 0 Å². The smallest absolute Gasteiger partial charge is 0.0887 e. The van der Waals surface area contributed by atoms with Crippen LogP contribution in [0.3, 0.4) is 0 Å². The Morgan fingerprint density at radius 1 is 1.12 bits per heavy atom. The van der Waals surface area contributed by atoms with Crippen LogP contribution in [0.5, 0.6) is 0 Å². The number of ether oxygens (including phenoxy) is 1. The quantitative estimate of drug-likeness (QED) is 0.682. The molecule has 0 bridgehead atoms. The second kappa shape index (κ2) is 7.91. The van der Waals surface area contributed by atoms with Crippen molar-refractivity contribution in [1.29, 1.82) is 0 Å². The number of nitrogens with zero attached hydrogens (tertiary/aromatic N) is 4. The van der Waals surface area contributed by atoms with Gasteiger partial charge >= 0.3 is 0 Å². The number of fused-ring (bicyclic) bond motifs is 1. The van der Waals surface area contributed by atoms with Crippen LogP contribution >= 0.6 is 11.3 Å². The predicted octanol–water partition coefficient (Wildman–Crippen LogP) is 3.19. The first-order valence-electron chi connectivity index (χ1n) is 8.60. The van der Waals surface area contributed by atoms with E-state index < -0.39 is 0 Å². The summed E-state index contributed by atoms with van der Waals surface area (Å²) in [5.74, 6) is 0.421. The highest BCUT2D eigenvalue weighted by atomic mass is 32.1. The van der Waals surface area contributed by atoms with Crippen molar-refractivity contribution in [2.45, 2.75) is 26.2 Å². The molecule has 6 heteroatoms. The Balaban J connectivity index is 1.40. The minimum absolute atomic E-state index is 0.421. The highest BCUT2D eigenvalue weighted by Crippen LogP contribution is 2.20. The molecule has 0 saturated carbocycles. The Morgan fingerprint density at radius 3 is 2.96 bits per heavy atom. The number of pyridine rings is 1. The average molecular weight is 354 g/mol. The van der Waals surface area contributed by atoms with Crippen molar-refractivity contribution in [1.82, 2.24) is 19.7 Å². The van der Waals surface area contributed by atoms with Crippen LogP contribution in [-0.4, -0.2) is 32.8 Å². The summed E-state index contributed by atoms with van der Waals surface area (Å²) in [6, 6.07) is 12.4. The molecule has 4 rings (SSSR count). The molecule has 3 aromatic rings. The van der Waals surface area contributed by atoms with Gasteiger partial charge in [0.1, 0.15) is 0 Å². The Hall–Kier alpha value is -2.02. The third-order valence-electron chi connectivity index (χ3n) is 4.43. The normalized spacial score (nSPS) is 18.0. The van der Waals surface area contributed by atoms with E-state index in [9.17, 15) is 0 Å². The summed E-state index contributed by atoms with van der Waals surface area (Å²) < 4.78 is 8.09. The molecule has 1 atom stereocenters. The Labute approximate surface area is 151 Å². The summed E-state index contributed by atoms with van der Waals surface area (Å²) in [5.41, 5.74) is 2.26. The molecule has 0 aliphatic carbocycles. The zero-order valence-electron chi connectivity index (χ0n) is 14.1. The van der Waals surface area contributed by atoms with E-state index in [4.69, 9.17) is 4.74 Å². The lowest BCUT2D eigenvalue weighted by molar-refractivity contribution is 0.0642. The largest absolute Gasteiger partial charge is 0.375 e. The van der Waals surface area contributed by atoms with Gasteiger partial charge in [0.15, 0.2) is 0 Å². The summed E-state index contributed by atoms with van der Waals surface area (Å²) in [5, 5.41) is 6.63. The third kappa shape index (κ3) is 4.34. The lowest BCUT2D eigenvalue weighted by Gasteiger charge is -2.23. The van der Waals surface area contributed by atoms with Crippen LogP contribution in [0.1, 0.15) is 16.3 Å². The number of thiophene rings is 1. The van der Waals surface area contributed by atoms with Crippen LogP contribution in [0, 0.1) is 5.92 Å². The predicted molar refractivity (Wildman–Crippen MR) is 98.0 cm³/mol. The highest BCUT2D eigenvalue weighted by molar-refractivity contribution is 7.09. The molecule has 0 amide bonds. The monoisotopic (exact) mass is 354 g/mol. The van der Waals surface area contributed by atoms with Gasteiger partial charge in [-0.2, -0.15) is 5.10 Å². The van der Waals surface area contributed by atoms with Crippen molar-refractivity contribution >= 4 is 11.3 Å². The molecule has 0 N–H and O–H groups in total. The van der Waals surface area contributed by atoms with Crippen molar-refractivity contribution in [2.75, 3.05) is 13.2 Å². The summed E-state index contributed by atoms with van der Waals surface area (Å²) in [7, 11) is 0. The van der Waals surface area contributed by atoms with Gasteiger partial charge in [-0.3, -0.25) is 14.6 Å². The first-order chi connectivity index (χ1) is 12.4. The maximum atomic E-state index is 5.96. The molecule has 0 unspecified atom stereocenters. The van der Waals surface area contributed by atoms with E-state index in [-0.39, 0.29) is 0 Å². The summed E-state index contributed by atoms with van der Waals surface area (Å²) in [4.78, 5) is 8.23. The van der Waals surface area contributed by atoms with Crippen LogP contribution in [-0.2, 0) is 31.0 Å². The average Bonchev–Trinajstić information content (AvgIpc) is 3.25. The second-order valence-corrected chi connectivity index (χ2v) is 7.49. The molecule has 5 nitrogen and oxygen atoms in total. The molecule has 0 spiro atoms. The van der Waals surface area contributed by atoms with Gasteiger partial charge in [0.25, 0.3) is 0 Å². The standard InChI is InChI=1S/C19H22N4OS/c1-2-7-20-17(4-1)15-24-14-16-10-22(13-19-5-3-9-25-19)12-18-6-8-21-23(18)11-16/h1-9,16H,10-15H2/t16-/m1/s1. The molecular weight excluding hydrogens is 332 g/mol. The first kappa shape index (κ1) is 16.4. The number of rotatable bonds is 6. The summed E-state index contributed by atoms with van der Waals surface area (Å²) in [6.07, 6.45) is 3.71. The fraction of sp³-hybridized carbons (Fsp3) is 0.368. The Bertz CT molecular complexity index is 772. The van der Waals surface area contributed by atoms with Gasteiger partial charge in [-0.05, 0) is 29.6 Å². The van der Waals surface area contributed by atoms with Crippen molar-refractivity contribution in [3.8, 4) is 0 Å². The molecule has 1 aliphatic heterocycles. The molecule has 25 heavy (non-hydrogen) atoms. The second-order valence-electron chi connectivity index (χ2n) is 6.46. The number of aromatic nitrogens is 3. The summed E-state index contributed by atoms with van der Waals surface area (Å²) >= 11 is 1.82. The van der Waals surface area contributed by atoms with E-state index in [0.717, 1.165) is 38.5 Å². The number of hydrogen-bond acceptors (Lipinski definition) is 5. The van der Waals surface area contributed by atoms with Crippen molar-refractivity contribution in [3.05, 3.63) is 70.4 Å². The van der Waals surface area contributed by atoms with Gasteiger partial charge in [-0.1, -0.05) is 12.1 Å². The fourth-order valence-electron chi connectivity index (χ4n) is 3.28. The van der Waals surface area contributed by atoms with E-state index in [0.29, 0.717) is 12.5 Å². The third-order valence-corrected chi connectivity index (χ3v) is 5.29. The van der Waals surface area contributed by atoms with E-state index in [1.165, 1.54) is 10.6 Å². The molecule has 4 heterocycles. The van der Waals surface area contributed by atoms with Gasteiger partial charge in [0.2, 0.25) is 0 Å². The SMILES string of the molecule is c1ccc(COC[C@@H]2CN(Cc3cccs3)Cc3ccnn3C2)nc1. The van der Waals surface area contributed by atoms with Gasteiger partial charge in [-0.25, -0.2) is 0 Å². The van der Waals surface area contributed by atoms with Crippen LogP contribution in [0.4, 0.5) is 0 Å². The maximum absolute atomic E-state index is 5.96.